The Balaban J connectivity index is 2.30. The largest absolute Gasteiger partial charge is 0.399 e. The average Bonchev–Trinajstić information content (AvgIpc) is 2.64. The minimum absolute atomic E-state index is 0.0820. The first-order valence-corrected chi connectivity index (χ1v) is 11.5. The third-order valence-electron chi connectivity index (χ3n) is 3.35. The first-order chi connectivity index (χ1) is 14.0. The first kappa shape index (κ1) is 24.0. The van der Waals surface area contributed by atoms with Crippen molar-refractivity contribution in [3.05, 3.63) is 36.4 Å². The molecule has 6 N–H and O–H groups in total. The van der Waals surface area contributed by atoms with Crippen molar-refractivity contribution in [3.8, 4) is 0 Å². The van der Waals surface area contributed by atoms with Crippen molar-refractivity contribution in [1.29, 1.82) is 0 Å². The van der Waals surface area contributed by atoms with E-state index >= 15 is 0 Å². The topological polar surface area (TPSA) is 213 Å². The zero-order chi connectivity index (χ0) is 22.4. The van der Waals surface area contributed by atoms with Crippen LogP contribution in [0.4, 0.5) is 22.7 Å². The lowest BCUT2D eigenvalue weighted by molar-refractivity contribution is -0.432. The summed E-state index contributed by atoms with van der Waals surface area (Å²) in [5.41, 5.74) is 12.5. The van der Waals surface area contributed by atoms with Crippen LogP contribution in [0.2, 0.25) is 0 Å². The molecule has 2 aromatic carbocycles. The molecule has 0 spiro atoms. The molecule has 0 fully saturated rings. The maximum atomic E-state index is 12.3. The van der Waals surface area contributed by atoms with Crippen LogP contribution in [0.3, 0.4) is 0 Å². The molecule has 0 unspecified atom stereocenters. The lowest BCUT2D eigenvalue weighted by Crippen LogP contribution is -2.15. The molecular weight excluding hydrogens is 464 g/mol. The van der Waals surface area contributed by atoms with E-state index in [1.165, 1.54) is 24.3 Å². The summed E-state index contributed by atoms with van der Waals surface area (Å²) in [6.45, 7) is -0.794. The third kappa shape index (κ3) is 7.18. The van der Waals surface area contributed by atoms with Crippen LogP contribution in [0.25, 0.3) is 0 Å². The fourth-order valence-electron chi connectivity index (χ4n) is 2.03. The summed E-state index contributed by atoms with van der Waals surface area (Å²) in [4.78, 5) is -0.157. The fourth-order valence-corrected chi connectivity index (χ4v) is 4.09. The van der Waals surface area contributed by atoms with Crippen molar-refractivity contribution >= 4 is 55.0 Å². The second-order valence-corrected chi connectivity index (χ2v) is 9.39. The molecule has 2 rings (SSSR count). The van der Waals surface area contributed by atoms with Gasteiger partial charge >= 0.3 is 10.4 Å². The Kier molecular flexibility index (Phi) is 8.10. The predicted molar refractivity (Wildman–Crippen MR) is 106 cm³/mol. The van der Waals surface area contributed by atoms with Gasteiger partial charge in [-0.1, -0.05) is 5.04 Å². The molecule has 0 aliphatic heterocycles. The number of anilines is 2. The van der Waals surface area contributed by atoms with Gasteiger partial charge in [0.2, 0.25) is 0 Å². The highest BCUT2D eigenvalue weighted by Gasteiger charge is 2.19. The van der Waals surface area contributed by atoms with Crippen LogP contribution < -0.4 is 11.5 Å². The van der Waals surface area contributed by atoms with Crippen molar-refractivity contribution in [2.24, 2.45) is 10.2 Å². The summed E-state index contributed by atoms with van der Waals surface area (Å²) in [7, 11) is -8.78. The highest BCUT2D eigenvalue weighted by atomic mass is 32.3. The maximum Gasteiger partial charge on any atom is 0.397 e. The highest BCUT2D eigenvalue weighted by molar-refractivity contribution is 7.95. The lowest BCUT2D eigenvalue weighted by atomic mass is 10.2. The van der Waals surface area contributed by atoms with E-state index < -0.39 is 32.6 Å². The van der Waals surface area contributed by atoms with Gasteiger partial charge in [-0.2, -0.15) is 8.42 Å². The molecule has 2 aromatic rings. The van der Waals surface area contributed by atoms with Crippen molar-refractivity contribution in [1.82, 2.24) is 0 Å². The number of hydrogen-bond donors (Lipinski definition) is 4. The Morgan fingerprint density at radius 2 is 1.67 bits per heavy atom. The Morgan fingerprint density at radius 3 is 2.30 bits per heavy atom. The number of sulfone groups is 1. The van der Waals surface area contributed by atoms with Crippen molar-refractivity contribution in [2.45, 2.75) is 9.79 Å². The van der Waals surface area contributed by atoms with Crippen molar-refractivity contribution < 1.29 is 40.2 Å². The van der Waals surface area contributed by atoms with Crippen LogP contribution in [-0.2, 0) is 33.8 Å². The molecule has 0 radical (unpaired) electrons. The van der Waals surface area contributed by atoms with Crippen molar-refractivity contribution in [2.75, 3.05) is 23.8 Å². The number of hydrogen-bond acceptors (Lipinski definition) is 13. The van der Waals surface area contributed by atoms with Gasteiger partial charge in [-0.15, -0.1) is 14.6 Å². The normalized spacial score (nSPS) is 12.5. The van der Waals surface area contributed by atoms with E-state index in [0.717, 1.165) is 6.07 Å². The quantitative estimate of drug-likeness (QED) is 0.0962. The monoisotopic (exact) mass is 480 g/mol. The molecule has 0 heterocycles. The van der Waals surface area contributed by atoms with Crippen LogP contribution in [0.15, 0.2) is 56.4 Å². The van der Waals surface area contributed by atoms with Crippen LogP contribution in [-0.4, -0.2) is 39.0 Å². The van der Waals surface area contributed by atoms with Gasteiger partial charge in [-0.25, -0.2) is 17.9 Å². The second-order valence-electron chi connectivity index (χ2n) is 5.44. The molecule has 0 amide bonds. The van der Waals surface area contributed by atoms with E-state index in [2.05, 4.69) is 23.8 Å². The van der Waals surface area contributed by atoms with Gasteiger partial charge in [0.05, 0.1) is 39.9 Å². The summed E-state index contributed by atoms with van der Waals surface area (Å²) < 4.78 is 62.6. The van der Waals surface area contributed by atoms with E-state index in [9.17, 15) is 16.8 Å². The molecular formula is C14H16N4O9S3. The van der Waals surface area contributed by atoms with Gasteiger partial charge in [0, 0.05) is 5.69 Å². The summed E-state index contributed by atoms with van der Waals surface area (Å²) in [5.74, 6) is -0.739. The minimum Gasteiger partial charge on any atom is -0.399 e. The average molecular weight is 481 g/mol. The molecule has 0 aliphatic rings. The van der Waals surface area contributed by atoms with Gasteiger partial charge < -0.3 is 11.5 Å². The molecule has 30 heavy (non-hydrogen) atoms. The Bertz CT molecular complexity index is 1140. The maximum absolute atomic E-state index is 12.3. The van der Waals surface area contributed by atoms with Crippen molar-refractivity contribution in [3.63, 3.8) is 0 Å². The minimum atomic E-state index is -4.77. The molecule has 0 saturated carbocycles. The van der Waals surface area contributed by atoms with E-state index in [0.29, 0.717) is 23.4 Å². The van der Waals surface area contributed by atoms with E-state index in [1.807, 2.05) is 0 Å². The number of nitrogen functional groups attached to an aromatic ring is 2. The summed E-state index contributed by atoms with van der Waals surface area (Å²) >= 11 is 0.438. The molecule has 0 aliphatic carbocycles. The highest BCUT2D eigenvalue weighted by Crippen LogP contribution is 2.35. The molecule has 0 atom stereocenters. The molecule has 0 aromatic heterocycles. The van der Waals surface area contributed by atoms with E-state index in [4.69, 9.17) is 21.3 Å². The first-order valence-electron chi connectivity index (χ1n) is 7.72. The molecule has 13 nitrogen and oxygen atoms in total. The van der Waals surface area contributed by atoms with E-state index in [1.54, 1.807) is 6.07 Å². The van der Waals surface area contributed by atoms with Crippen LogP contribution in [0, 0.1) is 0 Å². The number of nitrogens with zero attached hydrogens (tertiary/aromatic N) is 2. The van der Waals surface area contributed by atoms with Gasteiger partial charge in [-0.3, -0.25) is 4.55 Å². The molecule has 0 saturated heterocycles. The van der Waals surface area contributed by atoms with Gasteiger partial charge in [-0.05, 0) is 36.4 Å². The Hall–Kier alpha value is -2.31. The Morgan fingerprint density at radius 1 is 1.00 bits per heavy atom. The summed E-state index contributed by atoms with van der Waals surface area (Å²) in [6.07, 6.45) is 0. The van der Waals surface area contributed by atoms with Gasteiger partial charge in [0.1, 0.15) is 11.4 Å². The number of nitrogens with two attached hydrogens (primary N) is 2. The standard InChI is InChI=1S/C14H16N4O9S3/c15-9-1-3-12(11(16)7-9)17-18-13-4-2-10(8-14(13)28-27-26-19)29(20,21)6-5-25-30(22,23)24/h1-4,7-8,19H,5-6,15-16H2,(H,22,23,24)/b18-17+. The molecule has 16 heteroatoms. The molecule has 0 bridgehead atoms. The summed E-state index contributed by atoms with van der Waals surface area (Å²) in [5, 5.41) is 19.8. The van der Waals surface area contributed by atoms with E-state index in [-0.39, 0.29) is 21.2 Å². The Labute approximate surface area is 175 Å². The SMILES string of the molecule is Nc1ccc(/N=N/c2ccc(S(=O)(=O)CCOS(=O)(=O)O)cc2SOOO)c(N)c1. The number of azo groups is 1. The zero-order valence-electron chi connectivity index (χ0n) is 14.9. The third-order valence-corrected chi connectivity index (χ3v) is 6.12. The molecule has 164 valence electrons. The summed E-state index contributed by atoms with van der Waals surface area (Å²) in [6, 6.07) is 8.18. The van der Waals surface area contributed by atoms with Crippen LogP contribution in [0.1, 0.15) is 0 Å². The van der Waals surface area contributed by atoms with Crippen LogP contribution in [0.5, 0.6) is 0 Å². The number of rotatable bonds is 10. The smallest absolute Gasteiger partial charge is 0.397 e. The fraction of sp³-hybridized carbons (Fsp3) is 0.143. The zero-order valence-corrected chi connectivity index (χ0v) is 17.4. The van der Waals surface area contributed by atoms with Gasteiger partial charge in [0.25, 0.3) is 0 Å². The van der Waals surface area contributed by atoms with Gasteiger partial charge in [0.15, 0.2) is 9.84 Å². The number of benzene rings is 2. The van der Waals surface area contributed by atoms with Crippen LogP contribution >= 0.6 is 12.0 Å². The predicted octanol–water partition coefficient (Wildman–Crippen LogP) is 2.29. The lowest BCUT2D eigenvalue weighted by Gasteiger charge is -2.08. The second kappa shape index (κ2) is 10.1.